The molecule has 0 spiro atoms. The standard InChI is InChI=1S/C28H28N10O2/c1-5-25(39)37-10-12-38(13-11-37)28-29-15-22-26(33-28)27(31-16-30-22)32-20-7-9-24(18(3)17(20)2)40-19-6-8-23-21(14-19)34-35-36(23)4/h5-9,14-16H,1,10-13H2,2-4H3,(H,30,31,32). The Labute approximate surface area is 230 Å². The fraction of sp³-hybridized carbons (Fsp3) is 0.250. The first-order chi connectivity index (χ1) is 19.4. The van der Waals surface area contributed by atoms with E-state index in [1.54, 1.807) is 15.8 Å². The molecule has 2 aromatic carbocycles. The lowest BCUT2D eigenvalue weighted by molar-refractivity contribution is -0.126. The topological polar surface area (TPSA) is 127 Å². The number of benzene rings is 2. The van der Waals surface area contributed by atoms with Crippen LogP contribution in [0.5, 0.6) is 11.5 Å². The molecular formula is C28H28N10O2. The van der Waals surface area contributed by atoms with Gasteiger partial charge < -0.3 is 19.9 Å². The maximum Gasteiger partial charge on any atom is 0.246 e. The van der Waals surface area contributed by atoms with Gasteiger partial charge in [0, 0.05) is 45.0 Å². The summed E-state index contributed by atoms with van der Waals surface area (Å²) in [4.78, 5) is 33.9. The number of rotatable bonds is 6. The summed E-state index contributed by atoms with van der Waals surface area (Å²) >= 11 is 0. The maximum atomic E-state index is 11.9. The molecule has 0 unspecified atom stereocenters. The number of amides is 1. The number of piperazine rings is 1. The van der Waals surface area contributed by atoms with Crippen LogP contribution < -0.4 is 15.0 Å². The van der Waals surface area contributed by atoms with Gasteiger partial charge in [-0.05, 0) is 55.3 Å². The normalized spacial score (nSPS) is 13.6. The number of hydrogen-bond donors (Lipinski definition) is 1. The number of anilines is 3. The molecule has 1 N–H and O–H groups in total. The minimum atomic E-state index is -0.0624. The van der Waals surface area contributed by atoms with E-state index < -0.39 is 0 Å². The van der Waals surface area contributed by atoms with E-state index in [0.29, 0.717) is 54.7 Å². The third kappa shape index (κ3) is 4.64. The summed E-state index contributed by atoms with van der Waals surface area (Å²) in [6.45, 7) is 10.1. The molecule has 0 atom stereocenters. The molecule has 1 amide bonds. The molecule has 5 aromatic rings. The van der Waals surface area contributed by atoms with E-state index in [-0.39, 0.29) is 5.91 Å². The quantitative estimate of drug-likeness (QED) is 0.321. The largest absolute Gasteiger partial charge is 0.457 e. The molecule has 1 saturated heterocycles. The minimum Gasteiger partial charge on any atom is -0.457 e. The van der Waals surface area contributed by atoms with Crippen LogP contribution >= 0.6 is 0 Å². The number of carbonyl (C=O) groups excluding carboxylic acids is 1. The Morgan fingerprint density at radius 1 is 1.02 bits per heavy atom. The predicted molar refractivity (Wildman–Crippen MR) is 152 cm³/mol. The van der Waals surface area contributed by atoms with Crippen molar-refractivity contribution < 1.29 is 9.53 Å². The summed E-state index contributed by atoms with van der Waals surface area (Å²) in [6, 6.07) is 9.63. The summed E-state index contributed by atoms with van der Waals surface area (Å²) < 4.78 is 7.94. The Morgan fingerprint density at radius 3 is 2.65 bits per heavy atom. The highest BCUT2D eigenvalue weighted by molar-refractivity contribution is 5.88. The van der Waals surface area contributed by atoms with Crippen molar-refractivity contribution in [3.63, 3.8) is 0 Å². The Hall–Kier alpha value is -5.13. The van der Waals surface area contributed by atoms with Gasteiger partial charge in [-0.1, -0.05) is 11.8 Å². The molecular weight excluding hydrogens is 508 g/mol. The lowest BCUT2D eigenvalue weighted by Crippen LogP contribution is -2.48. The molecule has 0 aliphatic carbocycles. The summed E-state index contributed by atoms with van der Waals surface area (Å²) in [7, 11) is 1.86. The fourth-order valence-electron chi connectivity index (χ4n) is 4.72. The van der Waals surface area contributed by atoms with E-state index in [9.17, 15) is 4.79 Å². The molecule has 0 bridgehead atoms. The summed E-state index contributed by atoms with van der Waals surface area (Å²) in [6.07, 6.45) is 4.54. The summed E-state index contributed by atoms with van der Waals surface area (Å²) in [5.74, 6) is 2.54. The van der Waals surface area contributed by atoms with Gasteiger partial charge in [-0.2, -0.15) is 0 Å². The zero-order chi connectivity index (χ0) is 27.8. The van der Waals surface area contributed by atoms with Crippen molar-refractivity contribution >= 4 is 45.4 Å². The number of carbonyl (C=O) groups is 1. The average molecular weight is 537 g/mol. The highest BCUT2D eigenvalue weighted by atomic mass is 16.5. The van der Waals surface area contributed by atoms with E-state index in [1.807, 2.05) is 51.2 Å². The van der Waals surface area contributed by atoms with Crippen LogP contribution in [0, 0.1) is 13.8 Å². The van der Waals surface area contributed by atoms with Gasteiger partial charge >= 0.3 is 0 Å². The molecule has 1 fully saturated rings. The number of hydrogen-bond acceptors (Lipinski definition) is 10. The Kier molecular flexibility index (Phi) is 6.42. The van der Waals surface area contributed by atoms with Gasteiger partial charge in [0.2, 0.25) is 11.9 Å². The van der Waals surface area contributed by atoms with E-state index in [4.69, 9.17) is 9.72 Å². The number of fused-ring (bicyclic) bond motifs is 2. The second kappa shape index (κ2) is 10.2. The highest BCUT2D eigenvalue weighted by Gasteiger charge is 2.22. The lowest BCUT2D eigenvalue weighted by Gasteiger charge is -2.34. The van der Waals surface area contributed by atoms with Crippen LogP contribution in [0.15, 0.2) is 55.5 Å². The van der Waals surface area contributed by atoms with Crippen LogP contribution in [-0.2, 0) is 11.8 Å². The number of aryl methyl sites for hydroxylation is 1. The van der Waals surface area contributed by atoms with Crippen molar-refractivity contribution in [2.75, 3.05) is 36.4 Å². The maximum absolute atomic E-state index is 11.9. The van der Waals surface area contributed by atoms with Crippen LogP contribution in [0.25, 0.3) is 22.1 Å². The van der Waals surface area contributed by atoms with Crippen molar-refractivity contribution in [2.45, 2.75) is 13.8 Å². The third-order valence-corrected chi connectivity index (χ3v) is 7.21. The van der Waals surface area contributed by atoms with E-state index >= 15 is 0 Å². The molecule has 12 heteroatoms. The highest BCUT2D eigenvalue weighted by Crippen LogP contribution is 2.34. The van der Waals surface area contributed by atoms with E-state index in [1.165, 1.54) is 12.4 Å². The first-order valence-electron chi connectivity index (χ1n) is 12.9. The van der Waals surface area contributed by atoms with Crippen molar-refractivity contribution in [3.8, 4) is 11.5 Å². The first kappa shape index (κ1) is 25.2. The predicted octanol–water partition coefficient (Wildman–Crippen LogP) is 3.69. The lowest BCUT2D eigenvalue weighted by atomic mass is 10.1. The van der Waals surface area contributed by atoms with Gasteiger partial charge in [0.1, 0.15) is 34.4 Å². The Bertz CT molecular complexity index is 1760. The smallest absolute Gasteiger partial charge is 0.246 e. The molecule has 202 valence electrons. The van der Waals surface area contributed by atoms with Gasteiger partial charge in [-0.25, -0.2) is 24.6 Å². The van der Waals surface area contributed by atoms with Crippen LogP contribution in [0.2, 0.25) is 0 Å². The van der Waals surface area contributed by atoms with Gasteiger partial charge in [0.15, 0.2) is 5.82 Å². The van der Waals surface area contributed by atoms with Crippen LogP contribution in [0.1, 0.15) is 11.1 Å². The van der Waals surface area contributed by atoms with Gasteiger partial charge in [-0.15, -0.1) is 5.10 Å². The average Bonchev–Trinajstić information content (AvgIpc) is 3.36. The zero-order valence-corrected chi connectivity index (χ0v) is 22.5. The van der Waals surface area contributed by atoms with E-state index in [0.717, 1.165) is 33.6 Å². The molecule has 6 rings (SSSR count). The molecule has 40 heavy (non-hydrogen) atoms. The Morgan fingerprint density at radius 2 is 1.85 bits per heavy atom. The monoisotopic (exact) mass is 536 g/mol. The van der Waals surface area contributed by atoms with Crippen molar-refractivity contribution in [1.29, 1.82) is 0 Å². The molecule has 3 aromatic heterocycles. The molecule has 1 aliphatic rings. The van der Waals surface area contributed by atoms with Crippen LogP contribution in [0.4, 0.5) is 17.5 Å². The van der Waals surface area contributed by atoms with Crippen LogP contribution in [0.3, 0.4) is 0 Å². The third-order valence-electron chi connectivity index (χ3n) is 7.21. The second-order valence-electron chi connectivity index (χ2n) is 9.59. The molecule has 1 aliphatic heterocycles. The van der Waals surface area contributed by atoms with E-state index in [2.05, 4.69) is 42.1 Å². The Balaban J connectivity index is 1.24. The molecule has 12 nitrogen and oxygen atoms in total. The summed E-state index contributed by atoms with van der Waals surface area (Å²) in [5, 5.41) is 11.7. The fourth-order valence-corrected chi connectivity index (χ4v) is 4.72. The number of aromatic nitrogens is 7. The molecule has 0 saturated carbocycles. The first-order valence-corrected chi connectivity index (χ1v) is 12.9. The van der Waals surface area contributed by atoms with Crippen molar-refractivity contribution in [1.82, 2.24) is 39.8 Å². The van der Waals surface area contributed by atoms with Crippen LogP contribution in [-0.4, -0.2) is 71.9 Å². The van der Waals surface area contributed by atoms with Gasteiger partial charge in [0.25, 0.3) is 0 Å². The molecule has 0 radical (unpaired) electrons. The van der Waals surface area contributed by atoms with Crippen molar-refractivity contribution in [3.05, 3.63) is 66.6 Å². The van der Waals surface area contributed by atoms with Crippen molar-refractivity contribution in [2.24, 2.45) is 7.05 Å². The number of nitrogens with zero attached hydrogens (tertiary/aromatic N) is 9. The summed E-state index contributed by atoms with van der Waals surface area (Å²) in [5.41, 5.74) is 5.85. The number of nitrogens with one attached hydrogen (secondary N) is 1. The molecule has 4 heterocycles. The van der Waals surface area contributed by atoms with Gasteiger partial charge in [-0.3, -0.25) is 4.79 Å². The zero-order valence-electron chi connectivity index (χ0n) is 22.5. The second-order valence-corrected chi connectivity index (χ2v) is 9.59. The number of ether oxygens (including phenoxy) is 1. The minimum absolute atomic E-state index is 0.0624. The van der Waals surface area contributed by atoms with Gasteiger partial charge in [0.05, 0.1) is 11.7 Å². The SMILES string of the molecule is C=CC(=O)N1CCN(c2ncc3ncnc(Nc4ccc(Oc5ccc6c(c5)nnn6C)c(C)c4C)c3n2)CC1.